The smallest absolute Gasteiger partial charge is 0.0797 e. The molecule has 0 bridgehead atoms. The lowest BCUT2D eigenvalue weighted by atomic mass is 9.94. The van der Waals surface area contributed by atoms with Gasteiger partial charge in [0, 0.05) is 12.2 Å². The van der Waals surface area contributed by atoms with E-state index >= 15 is 0 Å². The number of aryl methyl sites for hydroxylation is 1. The molecule has 1 aliphatic heterocycles. The highest BCUT2D eigenvalue weighted by Crippen LogP contribution is 2.24. The van der Waals surface area contributed by atoms with Crippen LogP contribution in [0.3, 0.4) is 0 Å². The Morgan fingerprint density at radius 2 is 2.00 bits per heavy atom. The Hall–Kier alpha value is -0.870. The van der Waals surface area contributed by atoms with Crippen LogP contribution in [0, 0.1) is 5.92 Å². The Bertz CT molecular complexity index is 390. The van der Waals surface area contributed by atoms with Gasteiger partial charge in [-0.15, -0.1) is 0 Å². The van der Waals surface area contributed by atoms with Crippen molar-refractivity contribution in [2.24, 2.45) is 11.7 Å². The van der Waals surface area contributed by atoms with Gasteiger partial charge in [-0.2, -0.15) is 5.10 Å². The molecule has 1 aromatic rings. The van der Waals surface area contributed by atoms with Crippen LogP contribution in [0.25, 0.3) is 0 Å². The number of aromatic nitrogens is 2. The first-order chi connectivity index (χ1) is 8.86. The normalized spacial score (nSPS) is 22.1. The third kappa shape index (κ3) is 2.45. The second kappa shape index (κ2) is 5.41. The van der Waals surface area contributed by atoms with Gasteiger partial charge in [0.2, 0.25) is 0 Å². The number of H-pyrrole nitrogens is 1. The summed E-state index contributed by atoms with van der Waals surface area (Å²) < 4.78 is 0. The number of hydrogen-bond acceptors (Lipinski definition) is 3. The van der Waals surface area contributed by atoms with Gasteiger partial charge >= 0.3 is 0 Å². The van der Waals surface area contributed by atoms with E-state index in [0.29, 0.717) is 0 Å². The van der Waals surface area contributed by atoms with Gasteiger partial charge in [-0.05, 0) is 69.6 Å². The van der Waals surface area contributed by atoms with Crippen LogP contribution in [0.4, 0.5) is 0 Å². The average Bonchev–Trinajstić information content (AvgIpc) is 2.83. The molecule has 3 rings (SSSR count). The fourth-order valence-electron chi connectivity index (χ4n) is 3.27. The number of nitrogens with zero attached hydrogens (tertiary/aromatic N) is 2. The first-order valence-corrected chi connectivity index (χ1v) is 7.34. The summed E-state index contributed by atoms with van der Waals surface area (Å²) >= 11 is 0. The highest BCUT2D eigenvalue weighted by Gasteiger charge is 2.22. The number of fused-ring (bicyclic) bond motifs is 1. The van der Waals surface area contributed by atoms with E-state index in [0.717, 1.165) is 19.0 Å². The Balaban J connectivity index is 1.61. The van der Waals surface area contributed by atoms with Gasteiger partial charge in [0.15, 0.2) is 0 Å². The van der Waals surface area contributed by atoms with E-state index in [2.05, 4.69) is 15.1 Å². The molecule has 4 heteroatoms. The van der Waals surface area contributed by atoms with E-state index in [1.54, 1.807) is 0 Å². The minimum Gasteiger partial charge on any atom is -0.330 e. The molecule has 0 unspecified atom stereocenters. The minimum absolute atomic E-state index is 0.745. The molecule has 2 aliphatic rings. The third-order valence-electron chi connectivity index (χ3n) is 4.56. The lowest BCUT2D eigenvalue weighted by molar-refractivity contribution is 0.178. The second-order valence-electron chi connectivity index (χ2n) is 5.79. The number of piperidine rings is 1. The lowest BCUT2D eigenvalue weighted by Gasteiger charge is -2.31. The van der Waals surface area contributed by atoms with Crippen LogP contribution in [0.2, 0.25) is 0 Å². The molecule has 3 N–H and O–H groups in total. The topological polar surface area (TPSA) is 57.9 Å². The fourth-order valence-corrected chi connectivity index (χ4v) is 3.27. The van der Waals surface area contributed by atoms with Gasteiger partial charge in [0.1, 0.15) is 0 Å². The molecule has 0 amide bonds. The number of rotatable bonds is 3. The number of aromatic amines is 1. The van der Waals surface area contributed by atoms with Crippen LogP contribution in [0.5, 0.6) is 0 Å². The van der Waals surface area contributed by atoms with E-state index in [-0.39, 0.29) is 0 Å². The molecule has 1 saturated heterocycles. The molecule has 2 heterocycles. The molecular weight excluding hydrogens is 224 g/mol. The predicted molar refractivity (Wildman–Crippen MR) is 72.3 cm³/mol. The molecule has 1 aliphatic carbocycles. The summed E-state index contributed by atoms with van der Waals surface area (Å²) in [6, 6.07) is 0. The zero-order valence-electron chi connectivity index (χ0n) is 11.1. The Labute approximate surface area is 109 Å². The van der Waals surface area contributed by atoms with Crippen molar-refractivity contribution in [2.75, 3.05) is 19.6 Å². The maximum Gasteiger partial charge on any atom is 0.0797 e. The summed E-state index contributed by atoms with van der Waals surface area (Å²) in [6.45, 7) is 4.25. The highest BCUT2D eigenvalue weighted by atomic mass is 15.2. The van der Waals surface area contributed by atoms with Crippen molar-refractivity contribution in [2.45, 2.75) is 45.1 Å². The average molecular weight is 248 g/mol. The van der Waals surface area contributed by atoms with Crippen LogP contribution >= 0.6 is 0 Å². The Morgan fingerprint density at radius 3 is 2.78 bits per heavy atom. The molecule has 18 heavy (non-hydrogen) atoms. The van der Waals surface area contributed by atoms with Crippen molar-refractivity contribution in [3.63, 3.8) is 0 Å². The van der Waals surface area contributed by atoms with Crippen LogP contribution < -0.4 is 5.73 Å². The first-order valence-electron chi connectivity index (χ1n) is 7.34. The van der Waals surface area contributed by atoms with E-state index < -0.39 is 0 Å². The van der Waals surface area contributed by atoms with Crippen molar-refractivity contribution in [1.29, 1.82) is 0 Å². The van der Waals surface area contributed by atoms with Crippen LogP contribution in [0.1, 0.15) is 42.6 Å². The van der Waals surface area contributed by atoms with Gasteiger partial charge in [0.25, 0.3) is 0 Å². The maximum absolute atomic E-state index is 5.74. The number of nitrogens with one attached hydrogen (secondary N) is 1. The SMILES string of the molecule is NCC1CCN(Cc2n[nH]c3c2CCCC3)CC1. The Kier molecular flexibility index (Phi) is 3.66. The monoisotopic (exact) mass is 248 g/mol. The van der Waals surface area contributed by atoms with Gasteiger partial charge in [0.05, 0.1) is 5.69 Å². The highest BCUT2D eigenvalue weighted by molar-refractivity contribution is 5.27. The summed E-state index contributed by atoms with van der Waals surface area (Å²) in [5.41, 5.74) is 9.95. The van der Waals surface area contributed by atoms with Crippen LogP contribution in [0.15, 0.2) is 0 Å². The molecule has 4 nitrogen and oxygen atoms in total. The van der Waals surface area contributed by atoms with Gasteiger partial charge < -0.3 is 5.73 Å². The summed E-state index contributed by atoms with van der Waals surface area (Å²) in [7, 11) is 0. The fraction of sp³-hybridized carbons (Fsp3) is 0.786. The molecule has 1 aromatic heterocycles. The van der Waals surface area contributed by atoms with Crippen molar-refractivity contribution < 1.29 is 0 Å². The third-order valence-corrected chi connectivity index (χ3v) is 4.56. The van der Waals surface area contributed by atoms with Crippen molar-refractivity contribution >= 4 is 0 Å². The van der Waals surface area contributed by atoms with Crippen LogP contribution in [-0.4, -0.2) is 34.7 Å². The lowest BCUT2D eigenvalue weighted by Crippen LogP contribution is -2.35. The quantitative estimate of drug-likeness (QED) is 0.851. The van der Waals surface area contributed by atoms with Gasteiger partial charge in [-0.3, -0.25) is 10.00 Å². The zero-order valence-corrected chi connectivity index (χ0v) is 11.1. The molecule has 0 spiro atoms. The molecule has 0 atom stereocenters. The number of nitrogens with two attached hydrogens (primary N) is 1. The summed E-state index contributed by atoms with van der Waals surface area (Å²) in [4.78, 5) is 2.54. The van der Waals surface area contributed by atoms with E-state index in [1.807, 2.05) is 0 Å². The molecule has 0 radical (unpaired) electrons. The Morgan fingerprint density at radius 1 is 1.22 bits per heavy atom. The summed E-state index contributed by atoms with van der Waals surface area (Å²) in [5.74, 6) is 0.745. The summed E-state index contributed by atoms with van der Waals surface area (Å²) in [5, 5.41) is 7.78. The molecular formula is C14H24N4. The first kappa shape index (κ1) is 12.2. The van der Waals surface area contributed by atoms with E-state index in [9.17, 15) is 0 Å². The predicted octanol–water partition coefficient (Wildman–Crippen LogP) is 1.46. The number of likely N-dealkylation sites (tertiary alicyclic amines) is 1. The van der Waals surface area contributed by atoms with E-state index in [1.165, 1.54) is 68.6 Å². The maximum atomic E-state index is 5.74. The molecule has 0 aromatic carbocycles. The van der Waals surface area contributed by atoms with Gasteiger partial charge in [-0.25, -0.2) is 0 Å². The van der Waals surface area contributed by atoms with Crippen molar-refractivity contribution in [3.8, 4) is 0 Å². The minimum atomic E-state index is 0.745. The molecule has 0 saturated carbocycles. The molecule has 1 fully saturated rings. The van der Waals surface area contributed by atoms with Gasteiger partial charge in [-0.1, -0.05) is 0 Å². The van der Waals surface area contributed by atoms with E-state index in [4.69, 9.17) is 5.73 Å². The number of hydrogen-bond donors (Lipinski definition) is 2. The largest absolute Gasteiger partial charge is 0.330 e. The zero-order chi connectivity index (χ0) is 12.4. The van der Waals surface area contributed by atoms with Crippen molar-refractivity contribution in [3.05, 3.63) is 17.0 Å². The second-order valence-corrected chi connectivity index (χ2v) is 5.79. The van der Waals surface area contributed by atoms with Crippen LogP contribution in [-0.2, 0) is 19.4 Å². The molecule has 100 valence electrons. The van der Waals surface area contributed by atoms with Crippen molar-refractivity contribution in [1.82, 2.24) is 15.1 Å². The summed E-state index contributed by atoms with van der Waals surface area (Å²) in [6.07, 6.45) is 7.57. The standard InChI is InChI=1S/C14H24N4/c15-9-11-5-7-18(8-6-11)10-14-12-3-1-2-4-13(12)16-17-14/h11H,1-10,15H2,(H,16,17).